The zero-order valence-corrected chi connectivity index (χ0v) is 13.0. The van der Waals surface area contributed by atoms with Crippen LogP contribution in [0, 0.1) is 6.92 Å². The van der Waals surface area contributed by atoms with Crippen molar-refractivity contribution in [1.82, 2.24) is 9.97 Å². The van der Waals surface area contributed by atoms with Crippen molar-refractivity contribution in [2.24, 2.45) is 0 Å². The molecule has 0 aliphatic carbocycles. The summed E-state index contributed by atoms with van der Waals surface area (Å²) in [6.07, 6.45) is 0. The summed E-state index contributed by atoms with van der Waals surface area (Å²) in [5, 5.41) is 5.74. The largest absolute Gasteiger partial charge is 0.465 e. The van der Waals surface area contributed by atoms with Crippen molar-refractivity contribution < 1.29 is 9.53 Å². The molecule has 0 radical (unpaired) electrons. The van der Waals surface area contributed by atoms with E-state index in [1.54, 1.807) is 18.3 Å². The number of aryl methyl sites for hydroxylation is 1. The van der Waals surface area contributed by atoms with E-state index in [1.165, 1.54) is 11.3 Å². The second-order valence-electron chi connectivity index (χ2n) is 4.64. The highest BCUT2D eigenvalue weighted by Gasteiger charge is 2.34. The maximum absolute atomic E-state index is 11.9. The van der Waals surface area contributed by atoms with E-state index in [2.05, 4.69) is 9.97 Å². The van der Waals surface area contributed by atoms with Crippen LogP contribution in [0.25, 0.3) is 10.7 Å². The molecule has 0 saturated heterocycles. The number of aromatic nitrogens is 2. The van der Waals surface area contributed by atoms with Crippen LogP contribution in [0.4, 0.5) is 0 Å². The first-order valence-electron chi connectivity index (χ1n) is 6.01. The summed E-state index contributed by atoms with van der Waals surface area (Å²) in [5.74, 6) is -0.249. The highest BCUT2D eigenvalue weighted by Crippen LogP contribution is 2.31. The fourth-order valence-electron chi connectivity index (χ4n) is 1.56. The van der Waals surface area contributed by atoms with Crippen LogP contribution < -0.4 is 0 Å². The Bertz CT molecular complexity index is 587. The van der Waals surface area contributed by atoms with Crippen molar-refractivity contribution in [1.29, 1.82) is 0 Å². The van der Waals surface area contributed by atoms with Crippen molar-refractivity contribution in [3.05, 3.63) is 21.5 Å². The van der Waals surface area contributed by atoms with Gasteiger partial charge < -0.3 is 4.74 Å². The molecule has 0 unspecified atom stereocenters. The number of carbonyl (C=O) groups excluding carboxylic acids is 1. The number of rotatable bonds is 4. The van der Waals surface area contributed by atoms with E-state index < -0.39 is 5.41 Å². The molecule has 0 saturated carbocycles. The first-order valence-corrected chi connectivity index (χ1v) is 7.76. The van der Waals surface area contributed by atoms with Crippen molar-refractivity contribution in [2.75, 3.05) is 6.61 Å². The predicted molar refractivity (Wildman–Crippen MR) is 77.6 cm³/mol. The third-order valence-electron chi connectivity index (χ3n) is 2.77. The van der Waals surface area contributed by atoms with Gasteiger partial charge in [-0.15, -0.1) is 22.7 Å². The average molecular weight is 296 g/mol. The Morgan fingerprint density at radius 1 is 1.32 bits per heavy atom. The van der Waals surface area contributed by atoms with Gasteiger partial charge in [0.15, 0.2) is 0 Å². The van der Waals surface area contributed by atoms with Gasteiger partial charge in [0.25, 0.3) is 0 Å². The minimum Gasteiger partial charge on any atom is -0.465 e. The lowest BCUT2D eigenvalue weighted by atomic mass is 9.90. The van der Waals surface area contributed by atoms with Crippen LogP contribution in [0.15, 0.2) is 10.8 Å². The molecule has 19 heavy (non-hydrogen) atoms. The molecule has 102 valence electrons. The van der Waals surface area contributed by atoms with Crippen LogP contribution in [-0.4, -0.2) is 22.5 Å². The van der Waals surface area contributed by atoms with Crippen LogP contribution >= 0.6 is 22.7 Å². The highest BCUT2D eigenvalue weighted by molar-refractivity contribution is 7.14. The summed E-state index contributed by atoms with van der Waals surface area (Å²) in [6.45, 7) is 7.81. The minimum absolute atomic E-state index is 0.249. The summed E-state index contributed by atoms with van der Waals surface area (Å²) in [7, 11) is 0. The van der Waals surface area contributed by atoms with Crippen LogP contribution in [0.1, 0.15) is 31.5 Å². The maximum Gasteiger partial charge on any atom is 0.317 e. The lowest BCUT2D eigenvalue weighted by Crippen LogP contribution is -2.31. The highest BCUT2D eigenvalue weighted by atomic mass is 32.1. The van der Waals surface area contributed by atoms with Crippen LogP contribution in [0.5, 0.6) is 0 Å². The van der Waals surface area contributed by atoms with E-state index in [-0.39, 0.29) is 5.97 Å². The number of carbonyl (C=O) groups is 1. The Balaban J connectivity index is 2.28. The fraction of sp³-hybridized carbons (Fsp3) is 0.462. The quantitative estimate of drug-likeness (QED) is 0.811. The summed E-state index contributed by atoms with van der Waals surface area (Å²) in [6, 6.07) is 0. The topological polar surface area (TPSA) is 52.1 Å². The summed E-state index contributed by atoms with van der Waals surface area (Å²) in [4.78, 5) is 20.9. The number of hydrogen-bond acceptors (Lipinski definition) is 6. The molecule has 0 aromatic carbocycles. The first kappa shape index (κ1) is 14.1. The first-order chi connectivity index (χ1) is 8.95. The minimum atomic E-state index is -0.726. The molecule has 0 spiro atoms. The summed E-state index contributed by atoms with van der Waals surface area (Å²) >= 11 is 3.10. The molecule has 2 aromatic rings. The maximum atomic E-state index is 11.9. The van der Waals surface area contributed by atoms with Gasteiger partial charge in [0.05, 0.1) is 17.3 Å². The molecule has 0 fully saturated rings. The molecule has 0 aliphatic rings. The molecule has 6 heteroatoms. The number of nitrogens with zero attached hydrogens (tertiary/aromatic N) is 2. The molecular weight excluding hydrogens is 280 g/mol. The predicted octanol–water partition coefficient (Wildman–Crippen LogP) is 3.42. The van der Waals surface area contributed by atoms with Gasteiger partial charge in [-0.05, 0) is 27.7 Å². The van der Waals surface area contributed by atoms with Gasteiger partial charge in [0.1, 0.15) is 16.1 Å². The van der Waals surface area contributed by atoms with Crippen molar-refractivity contribution >= 4 is 28.6 Å². The third kappa shape index (κ3) is 2.84. The van der Waals surface area contributed by atoms with Crippen molar-refractivity contribution in [2.45, 2.75) is 33.1 Å². The van der Waals surface area contributed by atoms with E-state index in [0.29, 0.717) is 6.61 Å². The van der Waals surface area contributed by atoms with Crippen LogP contribution in [0.2, 0.25) is 0 Å². The smallest absolute Gasteiger partial charge is 0.317 e. The van der Waals surface area contributed by atoms with Gasteiger partial charge in [-0.2, -0.15) is 0 Å². The number of ether oxygens (including phenoxy) is 1. The van der Waals surface area contributed by atoms with Crippen LogP contribution in [0.3, 0.4) is 0 Å². The Morgan fingerprint density at radius 2 is 2.05 bits per heavy atom. The van der Waals surface area contributed by atoms with E-state index >= 15 is 0 Å². The van der Waals surface area contributed by atoms with Gasteiger partial charge in [-0.3, -0.25) is 4.79 Å². The number of hydrogen-bond donors (Lipinski definition) is 0. The van der Waals surface area contributed by atoms with E-state index in [0.717, 1.165) is 21.4 Å². The van der Waals surface area contributed by atoms with E-state index in [4.69, 9.17) is 4.74 Å². The zero-order valence-electron chi connectivity index (χ0n) is 11.4. The van der Waals surface area contributed by atoms with Gasteiger partial charge in [-0.1, -0.05) is 0 Å². The molecule has 0 aliphatic heterocycles. The third-order valence-corrected chi connectivity index (χ3v) is 4.41. The Kier molecular flexibility index (Phi) is 4.01. The SMILES string of the molecule is CCOC(=O)C(C)(C)c1csc(-c2csc(C)n2)n1. The normalized spacial score (nSPS) is 11.6. The monoisotopic (exact) mass is 296 g/mol. The molecular formula is C13H16N2O2S2. The molecule has 0 atom stereocenters. The zero-order chi connectivity index (χ0) is 14.0. The molecule has 2 rings (SSSR count). The lowest BCUT2D eigenvalue weighted by Gasteiger charge is -2.19. The van der Waals surface area contributed by atoms with Crippen molar-refractivity contribution in [3.63, 3.8) is 0 Å². The molecule has 2 heterocycles. The fourth-order valence-corrected chi connectivity index (χ4v) is 3.18. The average Bonchev–Trinajstić information content (AvgIpc) is 2.97. The number of esters is 1. The summed E-state index contributed by atoms with van der Waals surface area (Å²) in [5.41, 5.74) is 0.880. The standard InChI is InChI=1S/C13H16N2O2S2/c1-5-17-12(16)13(3,4)10-7-19-11(15-10)9-6-18-8(2)14-9/h6-7H,5H2,1-4H3. The Morgan fingerprint density at radius 3 is 2.63 bits per heavy atom. The van der Waals surface area contributed by atoms with Crippen molar-refractivity contribution in [3.8, 4) is 10.7 Å². The lowest BCUT2D eigenvalue weighted by molar-refractivity contribution is -0.148. The van der Waals surface area contributed by atoms with Gasteiger partial charge in [0.2, 0.25) is 0 Å². The van der Waals surface area contributed by atoms with E-state index in [1.807, 2.05) is 31.5 Å². The van der Waals surface area contributed by atoms with Gasteiger partial charge in [-0.25, -0.2) is 9.97 Å². The molecule has 0 amide bonds. The van der Waals surface area contributed by atoms with Gasteiger partial charge >= 0.3 is 5.97 Å². The molecule has 0 bridgehead atoms. The molecule has 2 aromatic heterocycles. The van der Waals surface area contributed by atoms with E-state index in [9.17, 15) is 4.79 Å². The Labute approximate surface area is 120 Å². The second kappa shape index (κ2) is 5.38. The number of thiazole rings is 2. The van der Waals surface area contributed by atoms with Gasteiger partial charge in [0, 0.05) is 10.8 Å². The molecule has 0 N–H and O–H groups in total. The second-order valence-corrected chi connectivity index (χ2v) is 6.56. The Hall–Kier alpha value is -1.27. The van der Waals surface area contributed by atoms with Crippen LogP contribution in [-0.2, 0) is 14.9 Å². The summed E-state index contributed by atoms with van der Waals surface area (Å²) < 4.78 is 5.09. The molecule has 4 nitrogen and oxygen atoms in total.